The van der Waals surface area contributed by atoms with Crippen LogP contribution in [-0.2, 0) is 0 Å². The second-order valence-corrected chi connectivity index (χ2v) is 5.13. The maximum atomic E-state index is 2.69. The lowest BCUT2D eigenvalue weighted by Gasteiger charge is -2.35. The van der Waals surface area contributed by atoms with Crippen molar-refractivity contribution < 1.29 is 0 Å². The van der Waals surface area contributed by atoms with Gasteiger partial charge in [0, 0.05) is 13.1 Å². The molecule has 2 rings (SSSR count). The van der Waals surface area contributed by atoms with E-state index in [4.69, 9.17) is 0 Å². The van der Waals surface area contributed by atoms with E-state index < -0.39 is 0 Å². The Labute approximate surface area is 88.3 Å². The first kappa shape index (κ1) is 10.4. The molecule has 0 aromatic heterocycles. The number of piperidine rings is 2. The monoisotopic (exact) mass is 196 g/mol. The van der Waals surface area contributed by atoms with E-state index in [2.05, 4.69) is 16.8 Å². The Balaban J connectivity index is 1.72. The van der Waals surface area contributed by atoms with Gasteiger partial charge < -0.3 is 9.80 Å². The molecule has 0 spiro atoms. The molecule has 2 fully saturated rings. The van der Waals surface area contributed by atoms with E-state index in [0.29, 0.717) is 0 Å². The molecular formula is C12H24N2. The lowest BCUT2D eigenvalue weighted by molar-refractivity contribution is 0.137. The average molecular weight is 196 g/mol. The standard InChI is InChI=1S/C12H24N2/c1-13-7-5-6-12(10-13)11-14-8-3-2-4-9-14/h12H,2-11H2,1H3/t12-/m1/s1. The van der Waals surface area contributed by atoms with E-state index in [9.17, 15) is 0 Å². The molecule has 0 bridgehead atoms. The van der Waals surface area contributed by atoms with Crippen LogP contribution in [0.1, 0.15) is 32.1 Å². The minimum absolute atomic E-state index is 0.951. The van der Waals surface area contributed by atoms with Gasteiger partial charge in [0.2, 0.25) is 0 Å². The van der Waals surface area contributed by atoms with Crippen LogP contribution in [-0.4, -0.2) is 49.6 Å². The Morgan fingerprint density at radius 2 is 1.79 bits per heavy atom. The van der Waals surface area contributed by atoms with E-state index in [-0.39, 0.29) is 0 Å². The molecule has 82 valence electrons. The summed E-state index contributed by atoms with van der Waals surface area (Å²) in [5, 5.41) is 0. The summed E-state index contributed by atoms with van der Waals surface area (Å²) in [6.07, 6.45) is 7.20. The third kappa shape index (κ3) is 2.96. The maximum Gasteiger partial charge on any atom is 0.00219 e. The second-order valence-electron chi connectivity index (χ2n) is 5.13. The summed E-state index contributed by atoms with van der Waals surface area (Å²) < 4.78 is 0. The van der Waals surface area contributed by atoms with Gasteiger partial charge in [0.15, 0.2) is 0 Å². The zero-order valence-electron chi connectivity index (χ0n) is 9.54. The van der Waals surface area contributed by atoms with Crippen molar-refractivity contribution >= 4 is 0 Å². The molecule has 0 aromatic carbocycles. The summed E-state index contributed by atoms with van der Waals surface area (Å²) >= 11 is 0. The third-order valence-corrected chi connectivity index (χ3v) is 3.69. The van der Waals surface area contributed by atoms with Gasteiger partial charge in [0.1, 0.15) is 0 Å². The number of hydrogen-bond acceptors (Lipinski definition) is 2. The van der Waals surface area contributed by atoms with Crippen LogP contribution in [0, 0.1) is 5.92 Å². The van der Waals surface area contributed by atoms with Crippen molar-refractivity contribution in [3.05, 3.63) is 0 Å². The van der Waals surface area contributed by atoms with Crippen molar-refractivity contribution in [2.24, 2.45) is 5.92 Å². The molecule has 0 radical (unpaired) electrons. The molecule has 2 aliphatic rings. The Morgan fingerprint density at radius 1 is 1.00 bits per heavy atom. The highest BCUT2D eigenvalue weighted by Gasteiger charge is 2.20. The second kappa shape index (κ2) is 5.13. The maximum absolute atomic E-state index is 2.69. The zero-order chi connectivity index (χ0) is 9.80. The van der Waals surface area contributed by atoms with Gasteiger partial charge >= 0.3 is 0 Å². The predicted octanol–water partition coefficient (Wildman–Crippen LogP) is 1.81. The molecular weight excluding hydrogens is 172 g/mol. The Kier molecular flexibility index (Phi) is 3.82. The first-order valence-electron chi connectivity index (χ1n) is 6.25. The summed E-state index contributed by atoms with van der Waals surface area (Å²) in [6, 6.07) is 0. The lowest BCUT2D eigenvalue weighted by Crippen LogP contribution is -2.40. The largest absolute Gasteiger partial charge is 0.306 e. The van der Waals surface area contributed by atoms with Crippen LogP contribution < -0.4 is 0 Å². The Morgan fingerprint density at radius 3 is 2.50 bits per heavy atom. The summed E-state index contributed by atoms with van der Waals surface area (Å²) in [5.41, 5.74) is 0. The SMILES string of the molecule is CN1CCC[C@@H](CN2CCCCC2)C1. The minimum atomic E-state index is 0.951. The van der Waals surface area contributed by atoms with E-state index in [0.717, 1.165) is 5.92 Å². The van der Waals surface area contributed by atoms with Crippen LogP contribution in [0.2, 0.25) is 0 Å². The van der Waals surface area contributed by atoms with Gasteiger partial charge in [-0.05, 0) is 58.3 Å². The molecule has 2 heteroatoms. The normalized spacial score (nSPS) is 31.9. The quantitative estimate of drug-likeness (QED) is 0.664. The summed E-state index contributed by atoms with van der Waals surface area (Å²) in [5.74, 6) is 0.951. The predicted molar refractivity (Wildman–Crippen MR) is 60.5 cm³/mol. The topological polar surface area (TPSA) is 6.48 Å². The number of nitrogens with zero attached hydrogens (tertiary/aromatic N) is 2. The zero-order valence-corrected chi connectivity index (χ0v) is 9.54. The summed E-state index contributed by atoms with van der Waals surface area (Å²) in [4.78, 5) is 5.19. The van der Waals surface area contributed by atoms with Gasteiger partial charge in [0.25, 0.3) is 0 Å². The van der Waals surface area contributed by atoms with Gasteiger partial charge in [-0.15, -0.1) is 0 Å². The van der Waals surface area contributed by atoms with Crippen molar-refractivity contribution in [3.63, 3.8) is 0 Å². The van der Waals surface area contributed by atoms with E-state index in [1.165, 1.54) is 64.8 Å². The van der Waals surface area contributed by atoms with Crippen LogP contribution in [0.25, 0.3) is 0 Å². The summed E-state index contributed by atoms with van der Waals surface area (Å²) in [7, 11) is 2.27. The van der Waals surface area contributed by atoms with Gasteiger partial charge in [-0.3, -0.25) is 0 Å². The average Bonchev–Trinajstić information content (AvgIpc) is 2.19. The lowest BCUT2D eigenvalue weighted by atomic mass is 9.97. The molecule has 2 nitrogen and oxygen atoms in total. The van der Waals surface area contributed by atoms with E-state index >= 15 is 0 Å². The fourth-order valence-corrected chi connectivity index (χ4v) is 2.93. The number of likely N-dealkylation sites (tertiary alicyclic amines) is 2. The smallest absolute Gasteiger partial charge is 0.00219 e. The highest BCUT2D eigenvalue weighted by Crippen LogP contribution is 2.18. The van der Waals surface area contributed by atoms with Gasteiger partial charge in [-0.25, -0.2) is 0 Å². The first-order valence-corrected chi connectivity index (χ1v) is 6.25. The summed E-state index contributed by atoms with van der Waals surface area (Å²) in [6.45, 7) is 6.73. The Bertz CT molecular complexity index is 164. The van der Waals surface area contributed by atoms with Crippen LogP contribution >= 0.6 is 0 Å². The van der Waals surface area contributed by atoms with Gasteiger partial charge in [0.05, 0.1) is 0 Å². The first-order chi connectivity index (χ1) is 6.84. The molecule has 0 aliphatic carbocycles. The minimum Gasteiger partial charge on any atom is -0.306 e. The molecule has 0 saturated carbocycles. The fourth-order valence-electron chi connectivity index (χ4n) is 2.93. The van der Waals surface area contributed by atoms with Crippen molar-refractivity contribution in [3.8, 4) is 0 Å². The van der Waals surface area contributed by atoms with E-state index in [1.54, 1.807) is 0 Å². The molecule has 2 saturated heterocycles. The number of hydrogen-bond donors (Lipinski definition) is 0. The number of rotatable bonds is 2. The van der Waals surface area contributed by atoms with Crippen LogP contribution in [0.5, 0.6) is 0 Å². The molecule has 2 aliphatic heterocycles. The molecule has 14 heavy (non-hydrogen) atoms. The van der Waals surface area contributed by atoms with Crippen LogP contribution in [0.15, 0.2) is 0 Å². The van der Waals surface area contributed by atoms with Crippen molar-refractivity contribution in [1.29, 1.82) is 0 Å². The van der Waals surface area contributed by atoms with Crippen molar-refractivity contribution in [1.82, 2.24) is 9.80 Å². The molecule has 0 aromatic rings. The highest BCUT2D eigenvalue weighted by molar-refractivity contribution is 4.75. The van der Waals surface area contributed by atoms with E-state index in [1.807, 2.05) is 0 Å². The van der Waals surface area contributed by atoms with Crippen molar-refractivity contribution in [2.45, 2.75) is 32.1 Å². The molecule has 0 amide bonds. The van der Waals surface area contributed by atoms with Crippen molar-refractivity contribution in [2.75, 3.05) is 39.8 Å². The van der Waals surface area contributed by atoms with Gasteiger partial charge in [-0.1, -0.05) is 6.42 Å². The highest BCUT2D eigenvalue weighted by atomic mass is 15.1. The fraction of sp³-hybridized carbons (Fsp3) is 1.00. The molecule has 1 atom stereocenters. The van der Waals surface area contributed by atoms with Crippen LogP contribution in [0.4, 0.5) is 0 Å². The Hall–Kier alpha value is -0.0800. The molecule has 2 heterocycles. The van der Waals surface area contributed by atoms with Gasteiger partial charge in [-0.2, -0.15) is 0 Å². The molecule has 0 N–H and O–H groups in total. The molecule has 0 unspecified atom stereocenters. The van der Waals surface area contributed by atoms with Crippen LogP contribution in [0.3, 0.4) is 0 Å². The third-order valence-electron chi connectivity index (χ3n) is 3.69.